The lowest BCUT2D eigenvalue weighted by molar-refractivity contribution is -0.162. The first-order valence-corrected chi connectivity index (χ1v) is 6.47. The summed E-state index contributed by atoms with van der Waals surface area (Å²) in [6.07, 6.45) is -0.126. The quantitative estimate of drug-likeness (QED) is 0.713. The second-order valence-corrected chi connectivity index (χ2v) is 4.79. The third kappa shape index (κ3) is 2.97. The highest BCUT2D eigenvalue weighted by Crippen LogP contribution is 2.17. The first kappa shape index (κ1) is 14.5. The number of benzene rings is 1. The number of rotatable bonds is 4. The van der Waals surface area contributed by atoms with Crippen LogP contribution in [-0.2, 0) is 20.7 Å². The van der Waals surface area contributed by atoms with Crippen LogP contribution in [0.5, 0.6) is 0 Å². The van der Waals surface area contributed by atoms with E-state index in [2.05, 4.69) is 0 Å². The zero-order valence-corrected chi connectivity index (χ0v) is 11.1. The summed E-state index contributed by atoms with van der Waals surface area (Å²) >= 11 is 0. The molecule has 0 aliphatic carbocycles. The zero-order valence-electron chi connectivity index (χ0n) is 11.1. The van der Waals surface area contributed by atoms with Gasteiger partial charge in [-0.05, 0) is 5.56 Å². The third-order valence-corrected chi connectivity index (χ3v) is 3.36. The maximum atomic E-state index is 12.4. The molecule has 6 nitrogen and oxygen atoms in total. The molecule has 1 heterocycles. The summed E-state index contributed by atoms with van der Waals surface area (Å²) in [6.45, 7) is 1.49. The average molecular weight is 278 g/mol. The molecule has 1 aromatic carbocycles. The number of ether oxygens (including phenoxy) is 1. The van der Waals surface area contributed by atoms with Crippen LogP contribution in [0.25, 0.3) is 0 Å². The standard InChI is InChI=1S/C14H18N2O4/c15-12(17)14(19,10-11-4-2-1-3-5-11)13(18)16-6-8-20-9-7-16/h1-5,19H,6-10H2,(H2,15,17)/t14-/m1/s1. The molecule has 6 heteroatoms. The average Bonchev–Trinajstić information content (AvgIpc) is 2.48. The number of carbonyl (C=O) groups excluding carboxylic acids is 2. The highest BCUT2D eigenvalue weighted by atomic mass is 16.5. The maximum Gasteiger partial charge on any atom is 0.264 e. The van der Waals surface area contributed by atoms with Crippen LogP contribution in [0.15, 0.2) is 30.3 Å². The Kier molecular flexibility index (Phi) is 4.36. The Morgan fingerprint density at radius 2 is 1.85 bits per heavy atom. The van der Waals surface area contributed by atoms with Crippen molar-refractivity contribution in [2.24, 2.45) is 5.73 Å². The summed E-state index contributed by atoms with van der Waals surface area (Å²) in [5.41, 5.74) is 3.73. The summed E-state index contributed by atoms with van der Waals surface area (Å²) in [6, 6.07) is 8.84. The molecule has 1 aromatic rings. The van der Waals surface area contributed by atoms with E-state index in [4.69, 9.17) is 10.5 Å². The molecule has 20 heavy (non-hydrogen) atoms. The zero-order chi connectivity index (χ0) is 14.6. The summed E-state index contributed by atoms with van der Waals surface area (Å²) in [5, 5.41) is 10.5. The van der Waals surface area contributed by atoms with Crippen LogP contribution in [0.4, 0.5) is 0 Å². The molecular weight excluding hydrogens is 260 g/mol. The molecule has 3 N–H and O–H groups in total. The van der Waals surface area contributed by atoms with Crippen molar-refractivity contribution in [2.45, 2.75) is 12.0 Å². The SMILES string of the molecule is NC(=O)[C@](O)(Cc1ccccc1)C(=O)N1CCOCC1. The molecule has 1 saturated heterocycles. The van der Waals surface area contributed by atoms with Gasteiger partial charge in [0.1, 0.15) is 0 Å². The Labute approximate surface area is 117 Å². The number of hydrogen-bond acceptors (Lipinski definition) is 4. The van der Waals surface area contributed by atoms with Gasteiger partial charge in [-0.15, -0.1) is 0 Å². The van der Waals surface area contributed by atoms with Crippen LogP contribution in [0.3, 0.4) is 0 Å². The van der Waals surface area contributed by atoms with E-state index in [0.717, 1.165) is 0 Å². The number of nitrogens with zero attached hydrogens (tertiary/aromatic N) is 1. The van der Waals surface area contributed by atoms with Gasteiger partial charge in [-0.2, -0.15) is 0 Å². The topological polar surface area (TPSA) is 92.9 Å². The van der Waals surface area contributed by atoms with Gasteiger partial charge < -0.3 is 20.5 Å². The Morgan fingerprint density at radius 3 is 2.40 bits per heavy atom. The molecule has 1 aliphatic heterocycles. The smallest absolute Gasteiger partial charge is 0.264 e. The summed E-state index contributed by atoms with van der Waals surface area (Å²) in [7, 11) is 0. The van der Waals surface area contributed by atoms with E-state index < -0.39 is 17.4 Å². The molecule has 1 fully saturated rings. The van der Waals surface area contributed by atoms with Crippen LogP contribution in [0, 0.1) is 0 Å². The predicted molar refractivity (Wildman–Crippen MR) is 71.7 cm³/mol. The Hall–Kier alpha value is -1.92. The molecule has 1 aliphatic rings. The van der Waals surface area contributed by atoms with Crippen LogP contribution in [0.2, 0.25) is 0 Å². The highest BCUT2D eigenvalue weighted by Gasteiger charge is 2.45. The van der Waals surface area contributed by atoms with Crippen molar-refractivity contribution in [3.05, 3.63) is 35.9 Å². The summed E-state index contributed by atoms with van der Waals surface area (Å²) in [4.78, 5) is 25.4. The van der Waals surface area contributed by atoms with Crippen molar-refractivity contribution in [3.8, 4) is 0 Å². The monoisotopic (exact) mass is 278 g/mol. The van der Waals surface area contributed by atoms with Gasteiger partial charge in [0, 0.05) is 19.5 Å². The van der Waals surface area contributed by atoms with E-state index in [-0.39, 0.29) is 6.42 Å². The van der Waals surface area contributed by atoms with Crippen molar-refractivity contribution < 1.29 is 19.4 Å². The molecule has 1 atom stereocenters. The van der Waals surface area contributed by atoms with Gasteiger partial charge in [-0.25, -0.2) is 0 Å². The van der Waals surface area contributed by atoms with Gasteiger partial charge in [-0.3, -0.25) is 9.59 Å². The van der Waals surface area contributed by atoms with Crippen LogP contribution < -0.4 is 5.73 Å². The molecule has 0 spiro atoms. The fourth-order valence-corrected chi connectivity index (χ4v) is 2.19. The predicted octanol–water partition coefficient (Wildman–Crippen LogP) is -0.696. The molecular formula is C14H18N2O4. The normalized spacial score (nSPS) is 18.4. The first-order chi connectivity index (χ1) is 9.54. The third-order valence-electron chi connectivity index (χ3n) is 3.36. The fraction of sp³-hybridized carbons (Fsp3) is 0.429. The van der Waals surface area contributed by atoms with Gasteiger partial charge in [0.05, 0.1) is 13.2 Å². The Balaban J connectivity index is 2.20. The lowest BCUT2D eigenvalue weighted by Gasteiger charge is -2.33. The van der Waals surface area contributed by atoms with Crippen molar-refractivity contribution in [1.29, 1.82) is 0 Å². The van der Waals surface area contributed by atoms with Gasteiger partial charge in [0.2, 0.25) is 5.60 Å². The number of morpholine rings is 1. The van der Waals surface area contributed by atoms with E-state index in [1.807, 2.05) is 6.07 Å². The largest absolute Gasteiger partial charge is 0.378 e. The lowest BCUT2D eigenvalue weighted by Crippen LogP contribution is -2.60. The minimum Gasteiger partial charge on any atom is -0.378 e. The molecule has 0 radical (unpaired) electrons. The van der Waals surface area contributed by atoms with Gasteiger partial charge in [0.15, 0.2) is 0 Å². The maximum absolute atomic E-state index is 12.4. The molecule has 2 rings (SSSR count). The Bertz CT molecular complexity index is 485. The van der Waals surface area contributed by atoms with Crippen molar-refractivity contribution in [3.63, 3.8) is 0 Å². The first-order valence-electron chi connectivity index (χ1n) is 6.47. The number of aliphatic hydroxyl groups is 1. The van der Waals surface area contributed by atoms with Gasteiger partial charge in [-0.1, -0.05) is 30.3 Å². The van der Waals surface area contributed by atoms with Crippen molar-refractivity contribution >= 4 is 11.8 Å². The van der Waals surface area contributed by atoms with E-state index in [1.165, 1.54) is 4.90 Å². The number of hydrogen-bond donors (Lipinski definition) is 2. The van der Waals surface area contributed by atoms with Crippen molar-refractivity contribution in [1.82, 2.24) is 4.90 Å². The lowest BCUT2D eigenvalue weighted by atomic mass is 9.92. The number of nitrogens with two attached hydrogens (primary N) is 1. The second kappa shape index (κ2) is 6.02. The summed E-state index contributed by atoms with van der Waals surface area (Å²) < 4.78 is 5.15. The molecule has 0 bridgehead atoms. The minimum absolute atomic E-state index is 0.126. The van der Waals surface area contributed by atoms with Crippen LogP contribution in [-0.4, -0.2) is 53.7 Å². The van der Waals surface area contributed by atoms with Crippen LogP contribution in [0.1, 0.15) is 5.56 Å². The Morgan fingerprint density at radius 1 is 1.25 bits per heavy atom. The molecule has 2 amide bonds. The number of amides is 2. The van der Waals surface area contributed by atoms with E-state index in [0.29, 0.717) is 31.9 Å². The molecule has 0 aromatic heterocycles. The second-order valence-electron chi connectivity index (χ2n) is 4.79. The van der Waals surface area contributed by atoms with E-state index in [1.54, 1.807) is 24.3 Å². The molecule has 0 unspecified atom stereocenters. The van der Waals surface area contributed by atoms with Crippen LogP contribution >= 0.6 is 0 Å². The summed E-state index contributed by atoms with van der Waals surface area (Å²) in [5.74, 6) is -1.69. The van der Waals surface area contributed by atoms with E-state index >= 15 is 0 Å². The van der Waals surface area contributed by atoms with Gasteiger partial charge >= 0.3 is 0 Å². The minimum atomic E-state index is -2.21. The molecule has 108 valence electrons. The van der Waals surface area contributed by atoms with Crippen molar-refractivity contribution in [2.75, 3.05) is 26.3 Å². The fourth-order valence-electron chi connectivity index (χ4n) is 2.19. The number of primary amides is 1. The van der Waals surface area contributed by atoms with E-state index in [9.17, 15) is 14.7 Å². The number of carbonyl (C=O) groups is 2. The molecule has 0 saturated carbocycles. The highest BCUT2D eigenvalue weighted by molar-refractivity contribution is 6.07. The van der Waals surface area contributed by atoms with Gasteiger partial charge in [0.25, 0.3) is 11.8 Å².